The number of nitrogens with zero attached hydrogens (tertiary/aromatic N) is 2. The molecule has 1 saturated carbocycles. The highest BCUT2D eigenvalue weighted by molar-refractivity contribution is 7.89. The maximum atomic E-state index is 13.1. The zero-order chi connectivity index (χ0) is 23.6. The molecule has 2 saturated heterocycles. The van der Waals surface area contributed by atoms with Crippen molar-refractivity contribution in [1.82, 2.24) is 9.21 Å². The van der Waals surface area contributed by atoms with E-state index in [1.165, 1.54) is 29.6 Å². The van der Waals surface area contributed by atoms with Crippen LogP contribution in [0.4, 0.5) is 5.69 Å². The molecule has 2 heterocycles. The van der Waals surface area contributed by atoms with E-state index in [0.29, 0.717) is 26.1 Å². The van der Waals surface area contributed by atoms with Crippen LogP contribution in [0.5, 0.6) is 5.75 Å². The van der Waals surface area contributed by atoms with Crippen LogP contribution in [0, 0.1) is 5.41 Å². The molecule has 1 aromatic carbocycles. The Balaban J connectivity index is 1.49. The Bertz CT molecular complexity index is 1040. The minimum Gasteiger partial charge on any atom is -0.495 e. The highest BCUT2D eigenvalue weighted by Gasteiger charge is 2.51. The third-order valence-corrected chi connectivity index (χ3v) is 8.56. The van der Waals surface area contributed by atoms with E-state index in [1.807, 2.05) is 0 Å². The highest BCUT2D eigenvalue weighted by atomic mass is 32.2. The zero-order valence-corrected chi connectivity index (χ0v) is 19.5. The molecular formula is C22H29N3O7S. The normalized spacial score (nSPS) is 21.4. The van der Waals surface area contributed by atoms with Gasteiger partial charge in [0.15, 0.2) is 0 Å². The predicted octanol–water partition coefficient (Wildman–Crippen LogP) is 1.36. The zero-order valence-electron chi connectivity index (χ0n) is 18.7. The molecule has 0 bridgehead atoms. The number of anilines is 1. The average Bonchev–Trinajstić information content (AvgIpc) is 3.03. The van der Waals surface area contributed by atoms with E-state index in [1.54, 1.807) is 0 Å². The molecule has 1 spiro atoms. The van der Waals surface area contributed by atoms with Crippen molar-refractivity contribution in [3.63, 3.8) is 0 Å². The fraction of sp³-hybridized carbons (Fsp3) is 0.591. The first-order valence-electron chi connectivity index (χ1n) is 11.2. The summed E-state index contributed by atoms with van der Waals surface area (Å²) in [5.74, 6) is -1.01. The fourth-order valence-electron chi connectivity index (χ4n) is 4.87. The van der Waals surface area contributed by atoms with Crippen LogP contribution in [-0.2, 0) is 29.1 Å². The van der Waals surface area contributed by atoms with Crippen LogP contribution in [0.2, 0.25) is 0 Å². The second-order valence-corrected chi connectivity index (χ2v) is 10.6. The summed E-state index contributed by atoms with van der Waals surface area (Å²) < 4.78 is 38.0. The van der Waals surface area contributed by atoms with E-state index in [4.69, 9.17) is 9.47 Å². The SMILES string of the molecule is COc1ccc(NC(=O)CN2C(=O)CC3(CCCCC3)C2=O)cc1S(=O)(=O)N1CCOCC1. The van der Waals surface area contributed by atoms with Crippen LogP contribution in [0.25, 0.3) is 0 Å². The quantitative estimate of drug-likeness (QED) is 0.612. The van der Waals surface area contributed by atoms with Gasteiger partial charge in [-0.3, -0.25) is 19.3 Å². The smallest absolute Gasteiger partial charge is 0.246 e. The van der Waals surface area contributed by atoms with E-state index in [9.17, 15) is 22.8 Å². The average molecular weight is 480 g/mol. The molecule has 11 heteroatoms. The molecule has 0 aromatic heterocycles. The molecule has 0 unspecified atom stereocenters. The molecule has 0 atom stereocenters. The lowest BCUT2D eigenvalue weighted by molar-refractivity contribution is -0.144. The molecule has 3 fully saturated rings. The van der Waals surface area contributed by atoms with Crippen molar-refractivity contribution in [3.8, 4) is 5.75 Å². The van der Waals surface area contributed by atoms with Crippen molar-refractivity contribution in [2.45, 2.75) is 43.4 Å². The van der Waals surface area contributed by atoms with Crippen LogP contribution in [0.1, 0.15) is 38.5 Å². The lowest BCUT2D eigenvalue weighted by Gasteiger charge is -2.30. The summed E-state index contributed by atoms with van der Waals surface area (Å²) in [6.07, 6.45) is 4.38. The van der Waals surface area contributed by atoms with Crippen molar-refractivity contribution in [3.05, 3.63) is 18.2 Å². The molecule has 33 heavy (non-hydrogen) atoms. The van der Waals surface area contributed by atoms with Crippen LogP contribution in [-0.4, -0.2) is 75.3 Å². The van der Waals surface area contributed by atoms with Crippen LogP contribution in [0.3, 0.4) is 0 Å². The van der Waals surface area contributed by atoms with E-state index in [0.717, 1.165) is 24.2 Å². The van der Waals surface area contributed by atoms with Gasteiger partial charge < -0.3 is 14.8 Å². The number of sulfonamides is 1. The van der Waals surface area contributed by atoms with Crippen molar-refractivity contribution >= 4 is 33.4 Å². The summed E-state index contributed by atoms with van der Waals surface area (Å²) in [7, 11) is -2.49. The molecule has 1 aliphatic carbocycles. The van der Waals surface area contributed by atoms with Gasteiger partial charge in [0.2, 0.25) is 27.7 Å². The first-order chi connectivity index (χ1) is 15.8. The first kappa shape index (κ1) is 23.7. The summed E-state index contributed by atoms with van der Waals surface area (Å²) in [6, 6.07) is 4.31. The Hall–Kier alpha value is -2.50. The fourth-order valence-corrected chi connectivity index (χ4v) is 6.45. The predicted molar refractivity (Wildman–Crippen MR) is 118 cm³/mol. The van der Waals surface area contributed by atoms with Gasteiger partial charge >= 0.3 is 0 Å². The van der Waals surface area contributed by atoms with Crippen LogP contribution >= 0.6 is 0 Å². The van der Waals surface area contributed by atoms with Crippen LogP contribution in [0.15, 0.2) is 23.1 Å². The monoisotopic (exact) mass is 479 g/mol. The van der Waals surface area contributed by atoms with E-state index < -0.39 is 27.9 Å². The number of amides is 3. The molecule has 0 radical (unpaired) electrons. The number of carbonyl (C=O) groups is 3. The number of imide groups is 1. The third kappa shape index (κ3) is 4.62. The van der Waals surface area contributed by atoms with Gasteiger partial charge in [-0.2, -0.15) is 4.31 Å². The summed E-state index contributed by atoms with van der Waals surface area (Å²) in [4.78, 5) is 39.1. The number of hydrogen-bond acceptors (Lipinski definition) is 7. The van der Waals surface area contributed by atoms with Crippen molar-refractivity contribution in [2.24, 2.45) is 5.41 Å². The molecule has 3 amide bonds. The number of rotatable bonds is 6. The molecule has 1 N–H and O–H groups in total. The molecule has 1 aromatic rings. The van der Waals surface area contributed by atoms with Gasteiger partial charge in [0.05, 0.1) is 25.7 Å². The van der Waals surface area contributed by atoms with Gasteiger partial charge in [-0.25, -0.2) is 8.42 Å². The largest absolute Gasteiger partial charge is 0.495 e. The van der Waals surface area contributed by atoms with Gasteiger partial charge in [0, 0.05) is 25.2 Å². The first-order valence-corrected chi connectivity index (χ1v) is 12.6. The second kappa shape index (κ2) is 9.40. The van der Waals surface area contributed by atoms with E-state index in [2.05, 4.69) is 5.32 Å². The second-order valence-electron chi connectivity index (χ2n) is 8.73. The Labute approximate surface area is 193 Å². The van der Waals surface area contributed by atoms with Gasteiger partial charge in [0.1, 0.15) is 17.2 Å². The Kier molecular flexibility index (Phi) is 6.73. The van der Waals surface area contributed by atoms with Gasteiger partial charge in [-0.05, 0) is 31.0 Å². The summed E-state index contributed by atoms with van der Waals surface area (Å²) in [5, 5.41) is 2.62. The standard InChI is InChI=1S/C22H29N3O7S/c1-31-17-6-5-16(13-18(17)33(29,30)24-9-11-32-12-10-24)23-19(26)15-25-20(27)14-22(21(25)28)7-3-2-4-8-22/h5-6,13H,2-4,7-12,14-15H2,1H3,(H,23,26). The summed E-state index contributed by atoms with van der Waals surface area (Å²) >= 11 is 0. The topological polar surface area (TPSA) is 122 Å². The summed E-state index contributed by atoms with van der Waals surface area (Å²) in [6.45, 7) is 0.664. The third-order valence-electron chi connectivity index (χ3n) is 6.64. The maximum Gasteiger partial charge on any atom is 0.246 e. The molecular weight excluding hydrogens is 450 g/mol. The van der Waals surface area contributed by atoms with E-state index >= 15 is 0 Å². The number of methoxy groups -OCH3 is 1. The Morgan fingerprint density at radius 1 is 1.15 bits per heavy atom. The maximum absolute atomic E-state index is 13.1. The number of carbonyl (C=O) groups excluding carboxylic acids is 3. The van der Waals surface area contributed by atoms with Gasteiger partial charge in [-0.15, -0.1) is 0 Å². The van der Waals surface area contributed by atoms with Gasteiger partial charge in [0.25, 0.3) is 0 Å². The molecule has 10 nitrogen and oxygen atoms in total. The highest BCUT2D eigenvalue weighted by Crippen LogP contribution is 2.45. The molecule has 180 valence electrons. The number of benzene rings is 1. The Morgan fingerprint density at radius 2 is 1.85 bits per heavy atom. The molecule has 2 aliphatic heterocycles. The lowest BCUT2D eigenvalue weighted by Crippen LogP contribution is -2.41. The van der Waals surface area contributed by atoms with Crippen molar-refractivity contribution in [1.29, 1.82) is 0 Å². The Morgan fingerprint density at radius 3 is 2.52 bits per heavy atom. The number of ether oxygens (including phenoxy) is 2. The summed E-state index contributed by atoms with van der Waals surface area (Å²) in [5.41, 5.74) is -0.422. The number of nitrogens with one attached hydrogen (secondary N) is 1. The number of hydrogen-bond donors (Lipinski definition) is 1. The molecule has 3 aliphatic rings. The lowest BCUT2D eigenvalue weighted by atomic mass is 9.73. The molecule has 4 rings (SSSR count). The minimum absolute atomic E-state index is 0.0702. The van der Waals surface area contributed by atoms with Crippen LogP contribution < -0.4 is 10.1 Å². The van der Waals surface area contributed by atoms with Crippen molar-refractivity contribution < 1.29 is 32.3 Å². The minimum atomic E-state index is -3.86. The number of morpholine rings is 1. The van der Waals surface area contributed by atoms with Crippen molar-refractivity contribution in [2.75, 3.05) is 45.3 Å². The number of likely N-dealkylation sites (tertiary alicyclic amines) is 1. The van der Waals surface area contributed by atoms with Gasteiger partial charge in [-0.1, -0.05) is 19.3 Å². The van der Waals surface area contributed by atoms with E-state index in [-0.39, 0.29) is 47.7 Å².